The Morgan fingerprint density at radius 2 is 1.77 bits per heavy atom. The third-order valence-corrected chi connectivity index (χ3v) is 2.75. The highest BCUT2D eigenvalue weighted by Crippen LogP contribution is 2.04. The molecule has 1 aromatic heterocycles. The number of hydrogen-bond acceptors (Lipinski definition) is 2. The summed E-state index contributed by atoms with van der Waals surface area (Å²) in [5.74, 6) is -0.157. The smallest absolute Gasteiger partial charge is 0.305 e. The summed E-state index contributed by atoms with van der Waals surface area (Å²) in [4.78, 5) is 11.7. The van der Waals surface area contributed by atoms with Gasteiger partial charge in [-0.3, -0.25) is 4.79 Å². The van der Waals surface area contributed by atoms with Crippen molar-refractivity contribution < 1.29 is 21.8 Å². The molecule has 0 bridgehead atoms. The van der Waals surface area contributed by atoms with Crippen LogP contribution in [0.5, 0.6) is 0 Å². The molecule has 0 unspecified atom stereocenters. The van der Waals surface area contributed by atoms with E-state index in [1.807, 2.05) is 73.9 Å². The lowest BCUT2D eigenvalue weighted by Crippen LogP contribution is -3.00. The monoisotopic (exact) mass is 315 g/mol. The summed E-state index contributed by atoms with van der Waals surface area (Å²) >= 11 is 0. The Bertz CT molecular complexity index is 639. The van der Waals surface area contributed by atoms with E-state index in [1.165, 1.54) is 0 Å². The van der Waals surface area contributed by atoms with Crippen LogP contribution in [0, 0.1) is 0 Å². The topological polar surface area (TPSA) is 45.3 Å². The van der Waals surface area contributed by atoms with Crippen molar-refractivity contribution in [3.63, 3.8) is 0 Å². The molecule has 114 valence electrons. The van der Waals surface area contributed by atoms with E-state index >= 15 is 0 Å². The average Bonchev–Trinajstić information content (AvgIpc) is 2.49. The molecule has 1 aromatic carbocycles. The molecule has 0 radical (unpaired) electrons. The van der Waals surface area contributed by atoms with Gasteiger partial charge in [-0.1, -0.05) is 42.5 Å². The zero-order valence-corrected chi connectivity index (χ0v) is 13.1. The molecule has 0 saturated heterocycles. The maximum absolute atomic E-state index is 11.7. The first-order valence-electron chi connectivity index (χ1n) is 6.73. The van der Waals surface area contributed by atoms with Crippen molar-refractivity contribution in [1.29, 1.82) is 0 Å². The minimum absolute atomic E-state index is 0. The van der Waals surface area contributed by atoms with Crippen molar-refractivity contribution in [2.45, 2.75) is 13.5 Å². The van der Waals surface area contributed by atoms with Crippen LogP contribution >= 0.6 is 0 Å². The number of nitrogens with zero attached hydrogens (tertiary/aromatic N) is 2. The molecule has 0 aliphatic rings. The average molecular weight is 316 g/mol. The first-order valence-corrected chi connectivity index (χ1v) is 6.73. The van der Waals surface area contributed by atoms with Crippen LogP contribution < -0.4 is 22.4 Å². The van der Waals surface area contributed by atoms with Gasteiger partial charge in [-0.2, -0.15) is 9.67 Å². The second-order valence-electron chi connectivity index (χ2n) is 4.64. The summed E-state index contributed by atoms with van der Waals surface area (Å²) in [7, 11) is 0. The van der Waals surface area contributed by atoms with Gasteiger partial charge in [0, 0.05) is 12.1 Å². The molecule has 2 aromatic rings. The van der Waals surface area contributed by atoms with Gasteiger partial charge in [0.1, 0.15) is 0 Å². The maximum atomic E-state index is 11.7. The van der Waals surface area contributed by atoms with Crippen LogP contribution in [0.15, 0.2) is 71.6 Å². The summed E-state index contributed by atoms with van der Waals surface area (Å²) in [6.07, 6.45) is 7.32. The highest BCUT2D eigenvalue weighted by molar-refractivity contribution is 5.85. The molecule has 0 atom stereocenters. The summed E-state index contributed by atoms with van der Waals surface area (Å²) in [6, 6.07) is 15.6. The van der Waals surface area contributed by atoms with Crippen molar-refractivity contribution in [3.05, 3.63) is 72.1 Å². The second kappa shape index (κ2) is 9.47. The maximum Gasteiger partial charge on any atom is 0.305 e. The van der Waals surface area contributed by atoms with E-state index in [2.05, 4.69) is 10.5 Å². The Kier molecular flexibility index (Phi) is 7.57. The van der Waals surface area contributed by atoms with Gasteiger partial charge in [-0.25, -0.2) is 5.43 Å². The van der Waals surface area contributed by atoms with Crippen LogP contribution in [-0.4, -0.2) is 12.1 Å². The van der Waals surface area contributed by atoms with Crippen LogP contribution in [0.3, 0.4) is 0 Å². The molecule has 5 heteroatoms. The van der Waals surface area contributed by atoms with Gasteiger partial charge in [0.05, 0.1) is 6.21 Å². The fraction of sp³-hybridized carbons (Fsp3) is 0.118. The predicted octanol–water partition coefficient (Wildman–Crippen LogP) is -0.816. The summed E-state index contributed by atoms with van der Waals surface area (Å²) in [6.45, 7) is 2.19. The van der Waals surface area contributed by atoms with Crippen molar-refractivity contribution >= 4 is 18.2 Å². The number of nitrogens with one attached hydrogen (secondary N) is 1. The summed E-state index contributed by atoms with van der Waals surface area (Å²) in [5.41, 5.74) is 4.59. The number of hydrazone groups is 1. The number of allylic oxidation sites excluding steroid dienone is 1. The van der Waals surface area contributed by atoms with E-state index in [1.54, 1.807) is 10.8 Å². The lowest BCUT2D eigenvalue weighted by molar-refractivity contribution is -0.684. The van der Waals surface area contributed by atoms with E-state index in [-0.39, 0.29) is 24.9 Å². The molecule has 0 aliphatic heterocycles. The SMILES string of the molecule is CC(/C=N/NC(=O)C[n+]1ccccc1)=C\c1ccccc1.[Cl-]. The number of benzene rings is 1. The zero-order chi connectivity index (χ0) is 14.9. The molecule has 0 aliphatic carbocycles. The standard InChI is InChI=1S/C17H17N3O.ClH/c1-15(12-16-8-4-2-5-9-16)13-18-19-17(21)14-20-10-6-3-7-11-20;/h2-13H,14H2,1H3;1H/b15-12+,18-13+;. The number of amides is 1. The lowest BCUT2D eigenvalue weighted by Gasteiger charge is -1.97. The lowest BCUT2D eigenvalue weighted by atomic mass is 10.1. The molecule has 0 spiro atoms. The van der Waals surface area contributed by atoms with Gasteiger partial charge in [0.25, 0.3) is 0 Å². The Labute approximate surface area is 136 Å². The molecule has 1 heterocycles. The van der Waals surface area contributed by atoms with Crippen LogP contribution in [0.4, 0.5) is 0 Å². The normalized spacial score (nSPS) is 11.0. The van der Waals surface area contributed by atoms with Gasteiger partial charge < -0.3 is 12.4 Å². The van der Waals surface area contributed by atoms with Crippen molar-refractivity contribution in [2.24, 2.45) is 5.10 Å². The van der Waals surface area contributed by atoms with E-state index < -0.39 is 0 Å². The fourth-order valence-electron chi connectivity index (χ4n) is 1.80. The number of pyridine rings is 1. The summed E-state index contributed by atoms with van der Waals surface area (Å²) in [5, 5.41) is 3.96. The van der Waals surface area contributed by atoms with Crippen molar-refractivity contribution in [3.8, 4) is 0 Å². The Balaban J connectivity index is 0.00000242. The zero-order valence-electron chi connectivity index (χ0n) is 12.3. The number of hydrogen-bond donors (Lipinski definition) is 1. The van der Waals surface area contributed by atoms with Crippen molar-refractivity contribution in [1.82, 2.24) is 5.43 Å². The predicted molar refractivity (Wildman–Crippen MR) is 83.4 cm³/mol. The molecular formula is C17H18ClN3O. The number of carbonyl (C=O) groups is 1. The first kappa shape index (κ1) is 17.6. The van der Waals surface area contributed by atoms with Gasteiger partial charge in [-0.15, -0.1) is 0 Å². The van der Waals surface area contributed by atoms with Crippen LogP contribution in [0.1, 0.15) is 12.5 Å². The highest BCUT2D eigenvalue weighted by Gasteiger charge is 2.06. The largest absolute Gasteiger partial charge is 1.00 e. The quantitative estimate of drug-likeness (QED) is 0.437. The molecule has 0 saturated carbocycles. The molecule has 22 heavy (non-hydrogen) atoms. The second-order valence-corrected chi connectivity index (χ2v) is 4.64. The van der Waals surface area contributed by atoms with Crippen LogP contribution in [-0.2, 0) is 11.3 Å². The molecule has 1 amide bonds. The Hall–Kier alpha value is -2.46. The van der Waals surface area contributed by atoms with Gasteiger partial charge in [0.2, 0.25) is 6.54 Å². The number of aromatic nitrogens is 1. The van der Waals surface area contributed by atoms with E-state index in [9.17, 15) is 4.79 Å². The third kappa shape index (κ3) is 6.33. The summed E-state index contributed by atoms with van der Waals surface area (Å²) < 4.78 is 1.79. The fourth-order valence-corrected chi connectivity index (χ4v) is 1.80. The van der Waals surface area contributed by atoms with E-state index in [4.69, 9.17) is 0 Å². The molecule has 2 rings (SSSR count). The number of rotatable bonds is 5. The van der Waals surface area contributed by atoms with Crippen molar-refractivity contribution in [2.75, 3.05) is 0 Å². The van der Waals surface area contributed by atoms with Gasteiger partial charge in [-0.05, 0) is 18.1 Å². The molecule has 4 nitrogen and oxygen atoms in total. The van der Waals surface area contributed by atoms with E-state index in [0.29, 0.717) is 0 Å². The number of carbonyl (C=O) groups excluding carboxylic acids is 1. The Morgan fingerprint density at radius 1 is 1.14 bits per heavy atom. The van der Waals surface area contributed by atoms with Crippen LogP contribution in [0.2, 0.25) is 0 Å². The minimum atomic E-state index is -0.157. The number of halogens is 1. The highest BCUT2D eigenvalue weighted by atomic mass is 35.5. The first-order chi connectivity index (χ1) is 10.2. The van der Waals surface area contributed by atoms with E-state index in [0.717, 1.165) is 11.1 Å². The Morgan fingerprint density at radius 3 is 2.45 bits per heavy atom. The minimum Gasteiger partial charge on any atom is -1.00 e. The molecular weight excluding hydrogens is 298 g/mol. The molecule has 0 fully saturated rings. The third-order valence-electron chi connectivity index (χ3n) is 2.75. The van der Waals surface area contributed by atoms with Gasteiger partial charge in [0.15, 0.2) is 12.4 Å². The van der Waals surface area contributed by atoms with Gasteiger partial charge >= 0.3 is 5.91 Å². The van der Waals surface area contributed by atoms with Crippen LogP contribution in [0.25, 0.3) is 6.08 Å². The molecule has 1 N–H and O–H groups in total.